The molecule has 120 valence electrons. The molecule has 0 atom stereocenters. The van der Waals surface area contributed by atoms with Gasteiger partial charge in [0.25, 0.3) is 0 Å². The molecule has 0 amide bonds. The molecule has 3 heterocycles. The fraction of sp³-hybridized carbons (Fsp3) is 0.333. The minimum atomic E-state index is -4.54. The minimum absolute atomic E-state index is 0.0669. The summed E-state index contributed by atoms with van der Waals surface area (Å²) in [5, 5.41) is 8.28. The predicted octanol–water partition coefficient (Wildman–Crippen LogP) is 2.47. The number of anilines is 1. The molecule has 1 aliphatic heterocycles. The molecule has 0 saturated carbocycles. The van der Waals surface area contributed by atoms with Crippen molar-refractivity contribution in [3.63, 3.8) is 0 Å². The summed E-state index contributed by atoms with van der Waals surface area (Å²) in [6, 6.07) is 5.52. The lowest BCUT2D eigenvalue weighted by Gasteiger charge is -2.29. The van der Waals surface area contributed by atoms with Crippen molar-refractivity contribution < 1.29 is 13.2 Å². The van der Waals surface area contributed by atoms with Gasteiger partial charge in [0.15, 0.2) is 0 Å². The zero-order chi connectivity index (χ0) is 16.0. The normalized spacial score (nSPS) is 16.4. The van der Waals surface area contributed by atoms with Crippen molar-refractivity contribution >= 4 is 27.5 Å². The third-order valence-electron chi connectivity index (χ3n) is 4.06. The van der Waals surface area contributed by atoms with Crippen LogP contribution in [0.25, 0.3) is 21.8 Å². The molecule has 0 unspecified atom stereocenters. The van der Waals surface area contributed by atoms with Crippen LogP contribution in [-0.4, -0.2) is 40.9 Å². The fourth-order valence-corrected chi connectivity index (χ4v) is 2.99. The van der Waals surface area contributed by atoms with E-state index in [0.29, 0.717) is 16.4 Å². The fourth-order valence-electron chi connectivity index (χ4n) is 2.99. The average molecular weight is 321 g/mol. The maximum Gasteiger partial charge on any atom is 0.504 e. The molecular weight excluding hydrogens is 307 g/mol. The van der Waals surface area contributed by atoms with Crippen LogP contribution in [0, 0.1) is 0 Å². The number of alkyl halides is 3. The molecule has 0 aliphatic carbocycles. The molecule has 5 nitrogen and oxygen atoms in total. The van der Waals surface area contributed by atoms with E-state index in [9.17, 15) is 13.2 Å². The third kappa shape index (κ3) is 2.39. The SMILES string of the molecule is FC(F)(F)n1cc2c(n1)c(N1CCNCC1)cc1cccnc12. The van der Waals surface area contributed by atoms with Gasteiger partial charge in [0.1, 0.15) is 5.52 Å². The Balaban J connectivity index is 2.00. The number of halogens is 3. The molecule has 1 saturated heterocycles. The summed E-state index contributed by atoms with van der Waals surface area (Å²) < 4.78 is 39.2. The largest absolute Gasteiger partial charge is 0.504 e. The van der Waals surface area contributed by atoms with Gasteiger partial charge in [-0.05, 0) is 12.1 Å². The van der Waals surface area contributed by atoms with E-state index < -0.39 is 6.30 Å². The van der Waals surface area contributed by atoms with Gasteiger partial charge in [0, 0.05) is 49.3 Å². The third-order valence-corrected chi connectivity index (χ3v) is 4.06. The highest BCUT2D eigenvalue weighted by molar-refractivity contribution is 6.09. The monoisotopic (exact) mass is 321 g/mol. The van der Waals surface area contributed by atoms with Gasteiger partial charge in [-0.3, -0.25) is 4.98 Å². The maximum absolute atomic E-state index is 13.1. The second-order valence-electron chi connectivity index (χ2n) is 5.51. The van der Waals surface area contributed by atoms with Crippen LogP contribution in [0.3, 0.4) is 0 Å². The van der Waals surface area contributed by atoms with Crippen LogP contribution in [0.5, 0.6) is 0 Å². The standard InChI is InChI=1S/C15H14F3N5/c16-15(17,18)23-9-11-13-10(2-1-3-20-13)8-12(14(11)21-23)22-6-4-19-5-7-22/h1-3,8-9,19H,4-7H2. The summed E-state index contributed by atoms with van der Waals surface area (Å²) in [7, 11) is 0. The summed E-state index contributed by atoms with van der Waals surface area (Å²) in [5.41, 5.74) is 1.61. The van der Waals surface area contributed by atoms with Gasteiger partial charge in [-0.2, -0.15) is 9.78 Å². The van der Waals surface area contributed by atoms with Crippen molar-refractivity contribution in [2.45, 2.75) is 6.30 Å². The van der Waals surface area contributed by atoms with E-state index in [4.69, 9.17) is 0 Å². The Morgan fingerprint density at radius 1 is 1.13 bits per heavy atom. The molecular formula is C15H14F3N5. The van der Waals surface area contributed by atoms with Crippen molar-refractivity contribution in [2.75, 3.05) is 31.1 Å². The molecule has 1 fully saturated rings. The molecule has 1 N–H and O–H groups in total. The molecule has 23 heavy (non-hydrogen) atoms. The number of nitrogens with zero attached hydrogens (tertiary/aromatic N) is 4. The zero-order valence-corrected chi connectivity index (χ0v) is 12.1. The van der Waals surface area contributed by atoms with Gasteiger partial charge in [-0.1, -0.05) is 6.07 Å². The van der Waals surface area contributed by atoms with Gasteiger partial charge < -0.3 is 10.2 Å². The van der Waals surface area contributed by atoms with Crippen LogP contribution in [-0.2, 0) is 6.30 Å². The van der Waals surface area contributed by atoms with Gasteiger partial charge in [-0.15, -0.1) is 13.2 Å². The second kappa shape index (κ2) is 5.09. The number of hydrogen-bond acceptors (Lipinski definition) is 4. The summed E-state index contributed by atoms with van der Waals surface area (Å²) in [5.74, 6) is 0. The van der Waals surface area contributed by atoms with E-state index in [1.54, 1.807) is 12.3 Å². The zero-order valence-electron chi connectivity index (χ0n) is 12.1. The number of nitrogens with one attached hydrogen (secondary N) is 1. The minimum Gasteiger partial charge on any atom is -0.367 e. The topological polar surface area (TPSA) is 46.0 Å². The highest BCUT2D eigenvalue weighted by Crippen LogP contribution is 2.34. The summed E-state index contributed by atoms with van der Waals surface area (Å²) in [4.78, 5) is 6.31. The summed E-state index contributed by atoms with van der Waals surface area (Å²) in [6.07, 6.45) is -1.94. The first-order chi connectivity index (χ1) is 11.0. The number of benzene rings is 1. The Kier molecular flexibility index (Phi) is 3.15. The Morgan fingerprint density at radius 3 is 2.65 bits per heavy atom. The van der Waals surface area contributed by atoms with E-state index in [2.05, 4.69) is 20.3 Å². The molecule has 1 aromatic carbocycles. The lowest BCUT2D eigenvalue weighted by atomic mass is 10.1. The molecule has 1 aliphatic rings. The van der Waals surface area contributed by atoms with Gasteiger partial charge in [-0.25, -0.2) is 0 Å². The van der Waals surface area contributed by atoms with Crippen molar-refractivity contribution in [1.82, 2.24) is 20.1 Å². The lowest BCUT2D eigenvalue weighted by Crippen LogP contribution is -2.43. The first-order valence-electron chi connectivity index (χ1n) is 7.34. The van der Waals surface area contributed by atoms with Crippen LogP contribution >= 0.6 is 0 Å². The molecule has 3 aromatic rings. The van der Waals surface area contributed by atoms with E-state index in [0.717, 1.165) is 43.4 Å². The van der Waals surface area contributed by atoms with Crippen molar-refractivity contribution in [2.24, 2.45) is 0 Å². The van der Waals surface area contributed by atoms with E-state index in [-0.39, 0.29) is 4.68 Å². The number of fused-ring (bicyclic) bond motifs is 3. The van der Waals surface area contributed by atoms with Gasteiger partial charge in [0.2, 0.25) is 0 Å². The van der Waals surface area contributed by atoms with E-state index >= 15 is 0 Å². The van der Waals surface area contributed by atoms with Crippen LogP contribution in [0.2, 0.25) is 0 Å². The highest BCUT2D eigenvalue weighted by atomic mass is 19.4. The summed E-state index contributed by atoms with van der Waals surface area (Å²) >= 11 is 0. The molecule has 8 heteroatoms. The number of pyridine rings is 1. The van der Waals surface area contributed by atoms with Crippen LogP contribution in [0.1, 0.15) is 0 Å². The number of piperazine rings is 1. The molecule has 4 rings (SSSR count). The number of hydrogen-bond donors (Lipinski definition) is 1. The van der Waals surface area contributed by atoms with Gasteiger partial charge >= 0.3 is 6.30 Å². The van der Waals surface area contributed by atoms with Crippen LogP contribution in [0.4, 0.5) is 18.9 Å². The quantitative estimate of drug-likeness (QED) is 0.748. The smallest absolute Gasteiger partial charge is 0.367 e. The Hall–Kier alpha value is -2.35. The van der Waals surface area contributed by atoms with E-state index in [1.807, 2.05) is 12.1 Å². The Morgan fingerprint density at radius 2 is 1.91 bits per heavy atom. The molecule has 0 spiro atoms. The summed E-state index contributed by atoms with van der Waals surface area (Å²) in [6.45, 7) is 3.07. The average Bonchev–Trinajstić information content (AvgIpc) is 3.01. The van der Waals surface area contributed by atoms with Crippen LogP contribution < -0.4 is 10.2 Å². The Bertz CT molecular complexity index is 865. The molecule has 2 aromatic heterocycles. The first-order valence-corrected chi connectivity index (χ1v) is 7.34. The predicted molar refractivity (Wildman–Crippen MR) is 81.4 cm³/mol. The first kappa shape index (κ1) is 14.3. The second-order valence-corrected chi connectivity index (χ2v) is 5.51. The Labute approximate surface area is 129 Å². The highest BCUT2D eigenvalue weighted by Gasteiger charge is 2.33. The lowest BCUT2D eigenvalue weighted by molar-refractivity contribution is -0.211. The van der Waals surface area contributed by atoms with Crippen molar-refractivity contribution in [3.8, 4) is 0 Å². The van der Waals surface area contributed by atoms with Gasteiger partial charge in [0.05, 0.1) is 11.2 Å². The van der Waals surface area contributed by atoms with E-state index in [1.165, 1.54) is 0 Å². The van der Waals surface area contributed by atoms with Crippen molar-refractivity contribution in [1.29, 1.82) is 0 Å². The maximum atomic E-state index is 13.1. The molecule has 0 bridgehead atoms. The van der Waals surface area contributed by atoms with Crippen LogP contribution in [0.15, 0.2) is 30.6 Å². The van der Waals surface area contributed by atoms with Crippen molar-refractivity contribution in [3.05, 3.63) is 30.6 Å². The number of rotatable bonds is 1. The molecule has 0 radical (unpaired) electrons. The number of aromatic nitrogens is 3.